The second-order valence-corrected chi connectivity index (χ2v) is 8.20. The van der Waals surface area contributed by atoms with Crippen LogP contribution in [0.15, 0.2) is 28.8 Å². The lowest BCUT2D eigenvalue weighted by molar-refractivity contribution is 0.125. The molecule has 1 aromatic carbocycles. The summed E-state index contributed by atoms with van der Waals surface area (Å²) < 4.78 is 18.7. The van der Waals surface area contributed by atoms with Crippen molar-refractivity contribution in [3.8, 4) is 0 Å². The van der Waals surface area contributed by atoms with Crippen LogP contribution in [0.1, 0.15) is 57.3 Å². The van der Waals surface area contributed by atoms with Crippen LogP contribution in [0.4, 0.5) is 4.39 Å². The number of benzene rings is 1. The Kier molecular flexibility index (Phi) is 6.60. The van der Waals surface area contributed by atoms with Gasteiger partial charge in [-0.3, -0.25) is 9.80 Å². The van der Waals surface area contributed by atoms with Gasteiger partial charge in [-0.25, -0.2) is 4.39 Å². The lowest BCUT2D eigenvalue weighted by atomic mass is 10.0. The van der Waals surface area contributed by atoms with Crippen LogP contribution in [0.3, 0.4) is 0 Å². The molecule has 0 N–H and O–H groups in total. The fraction of sp³-hybridized carbons (Fsp3) is 0.619. The summed E-state index contributed by atoms with van der Waals surface area (Å²) in [5, 5.41) is 4.08. The minimum Gasteiger partial charge on any atom is -0.338 e. The number of rotatable bonds is 6. The first-order chi connectivity index (χ1) is 12.9. The van der Waals surface area contributed by atoms with Crippen molar-refractivity contribution in [2.45, 2.75) is 59.2 Å². The lowest BCUT2D eigenvalue weighted by Crippen LogP contribution is -2.43. The Hall–Kier alpha value is -1.79. The summed E-state index contributed by atoms with van der Waals surface area (Å²) in [5.41, 5.74) is 1.16. The number of halogens is 1. The molecule has 148 valence electrons. The first kappa shape index (κ1) is 20.0. The van der Waals surface area contributed by atoms with Gasteiger partial charge in [-0.05, 0) is 36.6 Å². The molecule has 0 saturated carbocycles. The van der Waals surface area contributed by atoms with Crippen molar-refractivity contribution in [2.24, 2.45) is 5.92 Å². The summed E-state index contributed by atoms with van der Waals surface area (Å²) in [4.78, 5) is 9.49. The minimum absolute atomic E-state index is 0.179. The van der Waals surface area contributed by atoms with Crippen LogP contribution in [-0.4, -0.2) is 45.6 Å². The maximum Gasteiger partial charge on any atom is 0.240 e. The summed E-state index contributed by atoms with van der Waals surface area (Å²) in [6.07, 6.45) is 1.09. The largest absolute Gasteiger partial charge is 0.338 e. The summed E-state index contributed by atoms with van der Waals surface area (Å²) >= 11 is 0. The molecule has 0 unspecified atom stereocenters. The Morgan fingerprint density at radius 3 is 2.48 bits per heavy atom. The normalized spacial score (nSPS) is 19.7. The smallest absolute Gasteiger partial charge is 0.240 e. The van der Waals surface area contributed by atoms with E-state index < -0.39 is 0 Å². The highest BCUT2D eigenvalue weighted by Gasteiger charge is 2.28. The summed E-state index contributed by atoms with van der Waals surface area (Å²) in [7, 11) is 0. The van der Waals surface area contributed by atoms with E-state index in [1.807, 2.05) is 12.1 Å². The van der Waals surface area contributed by atoms with Crippen molar-refractivity contribution in [3.05, 3.63) is 47.4 Å². The van der Waals surface area contributed by atoms with E-state index in [2.05, 4.69) is 47.6 Å². The number of nitrogens with zero attached hydrogens (tertiary/aromatic N) is 4. The molecule has 2 aromatic rings. The third kappa shape index (κ3) is 5.36. The third-order valence-electron chi connectivity index (χ3n) is 5.26. The van der Waals surface area contributed by atoms with Crippen LogP contribution in [-0.2, 0) is 13.1 Å². The molecule has 1 aliphatic heterocycles. The van der Waals surface area contributed by atoms with E-state index in [1.54, 1.807) is 12.1 Å². The minimum atomic E-state index is -0.179. The van der Waals surface area contributed by atoms with E-state index in [0.717, 1.165) is 44.0 Å². The molecule has 6 heteroatoms. The highest BCUT2D eigenvalue weighted by atomic mass is 19.1. The molecule has 0 bridgehead atoms. The molecule has 27 heavy (non-hydrogen) atoms. The Bertz CT molecular complexity index is 713. The van der Waals surface area contributed by atoms with Gasteiger partial charge in [-0.1, -0.05) is 45.0 Å². The zero-order chi connectivity index (χ0) is 19.4. The van der Waals surface area contributed by atoms with E-state index in [0.29, 0.717) is 24.4 Å². The predicted molar refractivity (Wildman–Crippen MR) is 104 cm³/mol. The Morgan fingerprint density at radius 2 is 1.85 bits per heavy atom. The molecule has 3 rings (SSSR count). The van der Waals surface area contributed by atoms with Gasteiger partial charge in [0.2, 0.25) is 5.89 Å². The van der Waals surface area contributed by atoms with Crippen LogP contribution in [0.2, 0.25) is 0 Å². The summed E-state index contributed by atoms with van der Waals surface area (Å²) in [5.74, 6) is 2.11. The van der Waals surface area contributed by atoms with Crippen molar-refractivity contribution >= 4 is 0 Å². The zero-order valence-corrected chi connectivity index (χ0v) is 16.9. The Labute approximate surface area is 161 Å². The SMILES string of the molecule is CC(C)c1noc(CN2CCCN(Cc3ccc(F)cc3)[C@@H](C(C)C)C2)n1. The quantitative estimate of drug-likeness (QED) is 0.763. The lowest BCUT2D eigenvalue weighted by Gasteiger charge is -2.34. The predicted octanol–water partition coefficient (Wildman–Crippen LogP) is 4.06. The first-order valence-corrected chi connectivity index (χ1v) is 9.95. The van der Waals surface area contributed by atoms with Crippen LogP contribution in [0.25, 0.3) is 0 Å². The van der Waals surface area contributed by atoms with Gasteiger partial charge >= 0.3 is 0 Å². The van der Waals surface area contributed by atoms with Crippen molar-refractivity contribution in [2.75, 3.05) is 19.6 Å². The summed E-state index contributed by atoms with van der Waals surface area (Å²) in [6.45, 7) is 13.3. The van der Waals surface area contributed by atoms with Crippen LogP contribution in [0, 0.1) is 11.7 Å². The highest BCUT2D eigenvalue weighted by Crippen LogP contribution is 2.21. The topological polar surface area (TPSA) is 45.4 Å². The van der Waals surface area contributed by atoms with Gasteiger partial charge in [0.15, 0.2) is 5.82 Å². The molecule has 1 saturated heterocycles. The molecule has 2 heterocycles. The standard InChI is InChI=1S/C21H31FN4O/c1-15(2)19-13-25(14-20-23-21(16(3)4)24-27-20)10-5-11-26(19)12-17-6-8-18(22)9-7-17/h6-9,15-16,19H,5,10-14H2,1-4H3/t19-/m1/s1. The Morgan fingerprint density at radius 1 is 1.11 bits per heavy atom. The highest BCUT2D eigenvalue weighted by molar-refractivity contribution is 5.16. The first-order valence-electron chi connectivity index (χ1n) is 9.95. The maximum atomic E-state index is 13.2. The molecule has 1 fully saturated rings. The molecule has 0 aliphatic carbocycles. The number of aromatic nitrogens is 2. The van der Waals surface area contributed by atoms with Crippen molar-refractivity contribution in [1.29, 1.82) is 0 Å². The van der Waals surface area contributed by atoms with Crippen LogP contribution >= 0.6 is 0 Å². The van der Waals surface area contributed by atoms with Gasteiger partial charge in [-0.15, -0.1) is 0 Å². The molecular formula is C21H31FN4O. The maximum absolute atomic E-state index is 13.2. The Balaban J connectivity index is 1.67. The molecule has 1 aromatic heterocycles. The molecule has 5 nitrogen and oxygen atoms in total. The van der Waals surface area contributed by atoms with Crippen molar-refractivity contribution in [3.63, 3.8) is 0 Å². The van der Waals surface area contributed by atoms with E-state index >= 15 is 0 Å². The van der Waals surface area contributed by atoms with Crippen molar-refractivity contribution < 1.29 is 8.91 Å². The van der Waals surface area contributed by atoms with Crippen molar-refractivity contribution in [1.82, 2.24) is 19.9 Å². The van der Waals surface area contributed by atoms with Crippen LogP contribution < -0.4 is 0 Å². The van der Waals surface area contributed by atoms with E-state index in [4.69, 9.17) is 4.52 Å². The number of hydrogen-bond acceptors (Lipinski definition) is 5. The second kappa shape index (κ2) is 8.93. The van der Waals surface area contributed by atoms with E-state index in [1.165, 1.54) is 0 Å². The van der Waals surface area contributed by atoms with E-state index in [9.17, 15) is 4.39 Å². The van der Waals surface area contributed by atoms with Gasteiger partial charge in [0.25, 0.3) is 0 Å². The molecule has 0 amide bonds. The second-order valence-electron chi connectivity index (χ2n) is 8.20. The van der Waals surface area contributed by atoms with Gasteiger partial charge in [0, 0.05) is 31.6 Å². The van der Waals surface area contributed by atoms with Gasteiger partial charge in [0.05, 0.1) is 6.54 Å². The molecule has 1 aliphatic rings. The fourth-order valence-corrected chi connectivity index (χ4v) is 3.69. The van der Waals surface area contributed by atoms with Gasteiger partial charge < -0.3 is 4.52 Å². The molecular weight excluding hydrogens is 343 g/mol. The monoisotopic (exact) mass is 374 g/mol. The number of hydrogen-bond donors (Lipinski definition) is 0. The third-order valence-corrected chi connectivity index (χ3v) is 5.26. The van der Waals surface area contributed by atoms with E-state index in [-0.39, 0.29) is 11.7 Å². The zero-order valence-electron chi connectivity index (χ0n) is 16.9. The average molecular weight is 375 g/mol. The molecule has 0 radical (unpaired) electrons. The fourth-order valence-electron chi connectivity index (χ4n) is 3.69. The van der Waals surface area contributed by atoms with Gasteiger partial charge in [-0.2, -0.15) is 4.98 Å². The molecule has 0 spiro atoms. The average Bonchev–Trinajstić information content (AvgIpc) is 3.00. The van der Waals surface area contributed by atoms with Crippen LogP contribution in [0.5, 0.6) is 0 Å². The summed E-state index contributed by atoms with van der Waals surface area (Å²) in [6, 6.07) is 7.31. The molecule has 1 atom stereocenters. The van der Waals surface area contributed by atoms with Gasteiger partial charge in [0.1, 0.15) is 5.82 Å².